The van der Waals surface area contributed by atoms with Crippen molar-refractivity contribution in [3.63, 3.8) is 0 Å². The van der Waals surface area contributed by atoms with E-state index >= 15 is 0 Å². The predicted molar refractivity (Wildman–Crippen MR) is 114 cm³/mol. The standard InChI is InChI=1S/C23H42N2O/c1-5-6-7-8-9-10-11-20-26-23-16-14-22(15-17-23)13-12-21(2)24-18-19-25(3)4/h14-17,21,24H,5-13,18-20H2,1-4H3. The van der Waals surface area contributed by atoms with Gasteiger partial charge in [-0.3, -0.25) is 0 Å². The number of nitrogens with one attached hydrogen (secondary N) is 1. The van der Waals surface area contributed by atoms with Gasteiger partial charge in [-0.1, -0.05) is 57.6 Å². The van der Waals surface area contributed by atoms with E-state index in [9.17, 15) is 0 Å². The van der Waals surface area contributed by atoms with Crippen LogP contribution in [0, 0.1) is 0 Å². The zero-order valence-corrected chi connectivity index (χ0v) is 17.7. The zero-order valence-electron chi connectivity index (χ0n) is 17.7. The smallest absolute Gasteiger partial charge is 0.119 e. The van der Waals surface area contributed by atoms with Crippen LogP contribution in [0.1, 0.15) is 70.8 Å². The maximum absolute atomic E-state index is 5.87. The second-order valence-corrected chi connectivity index (χ2v) is 7.81. The number of hydrogen-bond acceptors (Lipinski definition) is 3. The highest BCUT2D eigenvalue weighted by atomic mass is 16.5. The van der Waals surface area contributed by atoms with E-state index in [1.807, 2.05) is 0 Å². The Kier molecular flexibility index (Phi) is 13.3. The van der Waals surface area contributed by atoms with Gasteiger partial charge in [-0.2, -0.15) is 0 Å². The second-order valence-electron chi connectivity index (χ2n) is 7.81. The fourth-order valence-corrected chi connectivity index (χ4v) is 3.02. The zero-order chi connectivity index (χ0) is 19.0. The Labute approximate surface area is 162 Å². The van der Waals surface area contributed by atoms with Crippen molar-refractivity contribution >= 4 is 0 Å². The molecule has 0 aliphatic rings. The van der Waals surface area contributed by atoms with E-state index in [-0.39, 0.29) is 0 Å². The summed E-state index contributed by atoms with van der Waals surface area (Å²) in [4.78, 5) is 2.21. The molecule has 150 valence electrons. The number of benzene rings is 1. The Balaban J connectivity index is 2.09. The number of aryl methyl sites for hydroxylation is 1. The minimum absolute atomic E-state index is 0.559. The molecule has 3 nitrogen and oxygen atoms in total. The molecular formula is C23H42N2O. The molecule has 0 fully saturated rings. The van der Waals surface area contributed by atoms with Crippen molar-refractivity contribution < 1.29 is 4.74 Å². The Bertz CT molecular complexity index is 430. The molecule has 0 bridgehead atoms. The highest BCUT2D eigenvalue weighted by Crippen LogP contribution is 2.15. The van der Waals surface area contributed by atoms with E-state index in [1.165, 1.54) is 56.9 Å². The first-order valence-electron chi connectivity index (χ1n) is 10.7. The Morgan fingerprint density at radius 2 is 1.62 bits per heavy atom. The van der Waals surface area contributed by atoms with Crippen molar-refractivity contribution in [1.82, 2.24) is 10.2 Å². The Morgan fingerprint density at radius 1 is 0.962 bits per heavy atom. The molecule has 0 heterocycles. The van der Waals surface area contributed by atoms with E-state index in [1.54, 1.807) is 0 Å². The number of ether oxygens (including phenoxy) is 1. The van der Waals surface area contributed by atoms with Crippen LogP contribution in [-0.4, -0.2) is 44.7 Å². The van der Waals surface area contributed by atoms with Crippen LogP contribution in [0.3, 0.4) is 0 Å². The first-order chi connectivity index (χ1) is 12.6. The fraction of sp³-hybridized carbons (Fsp3) is 0.739. The van der Waals surface area contributed by atoms with Crippen LogP contribution in [0.5, 0.6) is 5.75 Å². The summed E-state index contributed by atoms with van der Waals surface area (Å²) in [6.07, 6.45) is 11.6. The van der Waals surface area contributed by atoms with Crippen LogP contribution < -0.4 is 10.1 Å². The summed E-state index contributed by atoms with van der Waals surface area (Å²) in [5, 5.41) is 3.58. The Hall–Kier alpha value is -1.06. The van der Waals surface area contributed by atoms with Crippen molar-refractivity contribution in [3.8, 4) is 5.75 Å². The molecule has 0 aromatic heterocycles. The molecule has 1 aromatic rings. The lowest BCUT2D eigenvalue weighted by Gasteiger charge is -2.16. The summed E-state index contributed by atoms with van der Waals surface area (Å²) < 4.78 is 5.87. The quantitative estimate of drug-likeness (QED) is 0.404. The van der Waals surface area contributed by atoms with Crippen molar-refractivity contribution in [3.05, 3.63) is 29.8 Å². The van der Waals surface area contributed by atoms with Gasteiger partial charge in [0.25, 0.3) is 0 Å². The van der Waals surface area contributed by atoms with Gasteiger partial charge >= 0.3 is 0 Å². The normalized spacial score (nSPS) is 12.5. The van der Waals surface area contributed by atoms with E-state index in [2.05, 4.69) is 62.4 Å². The van der Waals surface area contributed by atoms with Crippen molar-refractivity contribution in [2.24, 2.45) is 0 Å². The first-order valence-corrected chi connectivity index (χ1v) is 10.7. The monoisotopic (exact) mass is 362 g/mol. The van der Waals surface area contributed by atoms with E-state index < -0.39 is 0 Å². The number of unbranched alkanes of at least 4 members (excludes halogenated alkanes) is 6. The largest absolute Gasteiger partial charge is 0.494 e. The molecule has 0 saturated heterocycles. The van der Waals surface area contributed by atoms with Gasteiger partial charge < -0.3 is 15.0 Å². The van der Waals surface area contributed by atoms with Gasteiger partial charge in [-0.25, -0.2) is 0 Å². The SMILES string of the molecule is CCCCCCCCCOc1ccc(CCC(C)NCCN(C)C)cc1. The number of likely N-dealkylation sites (N-methyl/N-ethyl adjacent to an activating group) is 1. The van der Waals surface area contributed by atoms with E-state index in [0.29, 0.717) is 6.04 Å². The molecule has 0 spiro atoms. The lowest BCUT2D eigenvalue weighted by atomic mass is 10.1. The summed E-state index contributed by atoms with van der Waals surface area (Å²) in [6, 6.07) is 9.24. The summed E-state index contributed by atoms with van der Waals surface area (Å²) in [5.74, 6) is 1.01. The summed E-state index contributed by atoms with van der Waals surface area (Å²) in [7, 11) is 4.23. The third kappa shape index (κ3) is 12.3. The van der Waals surface area contributed by atoms with Gasteiger partial charge in [0.15, 0.2) is 0 Å². The third-order valence-electron chi connectivity index (χ3n) is 4.86. The fourth-order valence-electron chi connectivity index (χ4n) is 3.02. The topological polar surface area (TPSA) is 24.5 Å². The van der Waals surface area contributed by atoms with Gasteiger partial charge in [0, 0.05) is 19.1 Å². The van der Waals surface area contributed by atoms with E-state index in [4.69, 9.17) is 4.74 Å². The number of rotatable bonds is 16. The minimum Gasteiger partial charge on any atom is -0.494 e. The maximum atomic E-state index is 5.87. The Morgan fingerprint density at radius 3 is 2.27 bits per heavy atom. The predicted octanol–water partition coefficient (Wildman–Crippen LogP) is 5.29. The minimum atomic E-state index is 0.559. The van der Waals surface area contributed by atoms with Gasteiger partial charge in [0.05, 0.1) is 6.61 Å². The van der Waals surface area contributed by atoms with Gasteiger partial charge in [0.2, 0.25) is 0 Å². The van der Waals surface area contributed by atoms with Crippen LogP contribution in [-0.2, 0) is 6.42 Å². The average molecular weight is 363 g/mol. The summed E-state index contributed by atoms with van der Waals surface area (Å²) in [5.41, 5.74) is 1.40. The molecule has 0 aliphatic heterocycles. The molecule has 0 radical (unpaired) electrons. The van der Waals surface area contributed by atoms with Crippen LogP contribution in [0.2, 0.25) is 0 Å². The van der Waals surface area contributed by atoms with Crippen LogP contribution in [0.25, 0.3) is 0 Å². The highest BCUT2D eigenvalue weighted by molar-refractivity contribution is 5.27. The molecule has 0 saturated carbocycles. The molecular weight excluding hydrogens is 320 g/mol. The van der Waals surface area contributed by atoms with Gasteiger partial charge in [-0.05, 0) is 58.0 Å². The summed E-state index contributed by atoms with van der Waals surface area (Å²) in [6.45, 7) is 7.53. The maximum Gasteiger partial charge on any atom is 0.119 e. The molecule has 3 heteroatoms. The number of nitrogens with zero attached hydrogens (tertiary/aromatic N) is 1. The second kappa shape index (κ2) is 15.0. The van der Waals surface area contributed by atoms with Crippen molar-refractivity contribution in [2.45, 2.75) is 77.7 Å². The van der Waals surface area contributed by atoms with Gasteiger partial charge in [0.1, 0.15) is 5.75 Å². The molecule has 0 amide bonds. The molecule has 1 unspecified atom stereocenters. The van der Waals surface area contributed by atoms with E-state index in [0.717, 1.165) is 31.9 Å². The van der Waals surface area contributed by atoms with Crippen LogP contribution in [0.4, 0.5) is 0 Å². The lowest BCUT2D eigenvalue weighted by molar-refractivity contribution is 0.304. The lowest BCUT2D eigenvalue weighted by Crippen LogP contribution is -2.33. The first kappa shape index (κ1) is 23.0. The summed E-state index contributed by atoms with van der Waals surface area (Å²) >= 11 is 0. The molecule has 1 N–H and O–H groups in total. The third-order valence-corrected chi connectivity index (χ3v) is 4.86. The van der Waals surface area contributed by atoms with Crippen LogP contribution in [0.15, 0.2) is 24.3 Å². The number of hydrogen-bond donors (Lipinski definition) is 1. The van der Waals surface area contributed by atoms with Gasteiger partial charge in [-0.15, -0.1) is 0 Å². The molecule has 26 heavy (non-hydrogen) atoms. The highest BCUT2D eigenvalue weighted by Gasteiger charge is 2.03. The molecule has 1 atom stereocenters. The molecule has 1 rings (SSSR count). The average Bonchev–Trinajstić information content (AvgIpc) is 2.63. The van der Waals surface area contributed by atoms with Crippen molar-refractivity contribution in [1.29, 1.82) is 0 Å². The molecule has 0 aliphatic carbocycles. The molecule has 1 aromatic carbocycles. The van der Waals surface area contributed by atoms with Crippen LogP contribution >= 0.6 is 0 Å². The van der Waals surface area contributed by atoms with Crippen molar-refractivity contribution in [2.75, 3.05) is 33.8 Å².